The Bertz CT molecular complexity index is 443. The van der Waals surface area contributed by atoms with Crippen molar-refractivity contribution in [2.75, 3.05) is 5.88 Å². The van der Waals surface area contributed by atoms with E-state index in [9.17, 15) is 8.78 Å². The minimum Gasteiger partial charge on any atom is -0.209 e. The predicted molar refractivity (Wildman–Crippen MR) is 70.4 cm³/mol. The van der Waals surface area contributed by atoms with Crippen molar-refractivity contribution >= 4 is 11.6 Å². The summed E-state index contributed by atoms with van der Waals surface area (Å²) in [4.78, 5) is 0. The first-order valence-corrected chi connectivity index (χ1v) is 6.20. The Labute approximate surface area is 110 Å². The molecule has 2 rings (SSSR count). The fourth-order valence-corrected chi connectivity index (χ4v) is 2.53. The van der Waals surface area contributed by atoms with E-state index in [1.165, 1.54) is 0 Å². The maximum Gasteiger partial charge on any atom is 0.253 e. The molecule has 0 bridgehead atoms. The second-order valence-electron chi connectivity index (χ2n) is 4.14. The standard InChI is InChI=1S/C15H13ClF2/c16-11-15(14(17)18,12-7-3-1-4-8-12)13-9-5-2-6-10-13/h1-10,14H,11H2. The highest BCUT2D eigenvalue weighted by Gasteiger charge is 2.42. The Morgan fingerprint density at radius 1 is 0.833 bits per heavy atom. The number of halogens is 3. The van der Waals surface area contributed by atoms with Gasteiger partial charge in [-0.1, -0.05) is 60.7 Å². The van der Waals surface area contributed by atoms with Crippen molar-refractivity contribution in [3.8, 4) is 0 Å². The van der Waals surface area contributed by atoms with E-state index < -0.39 is 11.8 Å². The Kier molecular flexibility index (Phi) is 3.97. The Morgan fingerprint density at radius 3 is 1.50 bits per heavy atom. The van der Waals surface area contributed by atoms with E-state index in [1.807, 2.05) is 0 Å². The normalized spacial score (nSPS) is 11.8. The van der Waals surface area contributed by atoms with Gasteiger partial charge in [0, 0.05) is 5.88 Å². The molecule has 0 aliphatic heterocycles. The first kappa shape index (κ1) is 13.0. The van der Waals surface area contributed by atoms with Crippen LogP contribution in [0.4, 0.5) is 8.78 Å². The second kappa shape index (κ2) is 5.49. The van der Waals surface area contributed by atoms with Gasteiger partial charge in [0.25, 0.3) is 6.43 Å². The highest BCUT2D eigenvalue weighted by molar-refractivity contribution is 6.19. The molecule has 2 aromatic rings. The largest absolute Gasteiger partial charge is 0.253 e. The Morgan fingerprint density at radius 2 is 1.22 bits per heavy atom. The lowest BCUT2D eigenvalue weighted by Crippen LogP contribution is -2.37. The van der Waals surface area contributed by atoms with Gasteiger partial charge in [0.05, 0.1) is 5.41 Å². The minimum atomic E-state index is -2.56. The highest BCUT2D eigenvalue weighted by Crippen LogP contribution is 2.39. The highest BCUT2D eigenvalue weighted by atomic mass is 35.5. The number of alkyl halides is 3. The van der Waals surface area contributed by atoms with E-state index in [-0.39, 0.29) is 5.88 Å². The van der Waals surface area contributed by atoms with E-state index >= 15 is 0 Å². The number of rotatable bonds is 4. The number of hydrogen-bond acceptors (Lipinski definition) is 0. The molecule has 0 heterocycles. The second-order valence-corrected chi connectivity index (χ2v) is 4.40. The van der Waals surface area contributed by atoms with Crippen molar-refractivity contribution in [1.82, 2.24) is 0 Å². The molecule has 0 fully saturated rings. The van der Waals surface area contributed by atoms with Gasteiger partial charge in [-0.3, -0.25) is 0 Å². The zero-order chi connectivity index (χ0) is 13.0. The van der Waals surface area contributed by atoms with Crippen LogP contribution in [0.15, 0.2) is 60.7 Å². The third-order valence-corrected chi connectivity index (χ3v) is 3.58. The molecule has 3 heteroatoms. The van der Waals surface area contributed by atoms with Crippen LogP contribution in [0.2, 0.25) is 0 Å². The lowest BCUT2D eigenvalue weighted by molar-refractivity contribution is 0.0825. The summed E-state index contributed by atoms with van der Waals surface area (Å²) in [5.41, 5.74) is -0.355. The molecule has 0 radical (unpaired) electrons. The van der Waals surface area contributed by atoms with E-state index in [0.29, 0.717) is 11.1 Å². The molecule has 0 nitrogen and oxygen atoms in total. The summed E-state index contributed by atoms with van der Waals surface area (Å²) in [6, 6.07) is 17.4. The van der Waals surface area contributed by atoms with Crippen LogP contribution in [-0.2, 0) is 5.41 Å². The average molecular weight is 267 g/mol. The molecule has 0 N–H and O–H groups in total. The summed E-state index contributed by atoms with van der Waals surface area (Å²) in [6.07, 6.45) is -2.56. The summed E-state index contributed by atoms with van der Waals surface area (Å²) in [6.45, 7) is 0. The summed E-state index contributed by atoms with van der Waals surface area (Å²) in [7, 11) is 0. The summed E-state index contributed by atoms with van der Waals surface area (Å²) in [5, 5.41) is 0. The van der Waals surface area contributed by atoms with Gasteiger partial charge in [-0.05, 0) is 11.1 Å². The van der Waals surface area contributed by atoms with Crippen LogP contribution >= 0.6 is 11.6 Å². The van der Waals surface area contributed by atoms with Crippen LogP contribution in [0.1, 0.15) is 11.1 Å². The molecular formula is C15H13ClF2. The zero-order valence-electron chi connectivity index (χ0n) is 9.69. The van der Waals surface area contributed by atoms with Gasteiger partial charge in [-0.15, -0.1) is 11.6 Å². The topological polar surface area (TPSA) is 0 Å². The monoisotopic (exact) mass is 266 g/mol. The fourth-order valence-electron chi connectivity index (χ4n) is 2.10. The predicted octanol–water partition coefficient (Wildman–Crippen LogP) is 4.48. The van der Waals surface area contributed by atoms with Gasteiger partial charge in [0.15, 0.2) is 0 Å². The molecule has 0 aliphatic carbocycles. The van der Waals surface area contributed by atoms with Crippen molar-refractivity contribution in [2.45, 2.75) is 11.8 Å². The van der Waals surface area contributed by atoms with Crippen molar-refractivity contribution < 1.29 is 8.78 Å². The quantitative estimate of drug-likeness (QED) is 0.716. The fraction of sp³-hybridized carbons (Fsp3) is 0.200. The third kappa shape index (κ3) is 2.13. The zero-order valence-corrected chi connectivity index (χ0v) is 10.4. The van der Waals surface area contributed by atoms with E-state index in [0.717, 1.165) is 0 Å². The van der Waals surface area contributed by atoms with Crippen molar-refractivity contribution in [1.29, 1.82) is 0 Å². The molecule has 0 saturated heterocycles. The summed E-state index contributed by atoms with van der Waals surface area (Å²) < 4.78 is 27.3. The van der Waals surface area contributed by atoms with Crippen molar-refractivity contribution in [3.63, 3.8) is 0 Å². The molecule has 94 valence electrons. The summed E-state index contributed by atoms with van der Waals surface area (Å²) >= 11 is 5.91. The number of benzene rings is 2. The van der Waals surface area contributed by atoms with Gasteiger partial charge in [-0.25, -0.2) is 8.78 Å². The summed E-state index contributed by atoms with van der Waals surface area (Å²) in [5.74, 6) is -0.154. The average Bonchev–Trinajstić information content (AvgIpc) is 2.42. The molecule has 0 unspecified atom stereocenters. The molecule has 0 spiro atoms. The smallest absolute Gasteiger partial charge is 0.209 e. The van der Waals surface area contributed by atoms with Gasteiger partial charge < -0.3 is 0 Å². The minimum absolute atomic E-state index is 0.154. The third-order valence-electron chi connectivity index (χ3n) is 3.16. The molecular weight excluding hydrogens is 254 g/mol. The van der Waals surface area contributed by atoms with Crippen LogP contribution < -0.4 is 0 Å². The molecule has 0 atom stereocenters. The van der Waals surface area contributed by atoms with Crippen molar-refractivity contribution in [2.24, 2.45) is 0 Å². The molecule has 2 aromatic carbocycles. The van der Waals surface area contributed by atoms with Gasteiger partial charge in [-0.2, -0.15) is 0 Å². The van der Waals surface area contributed by atoms with E-state index in [4.69, 9.17) is 11.6 Å². The van der Waals surface area contributed by atoms with Crippen molar-refractivity contribution in [3.05, 3.63) is 71.8 Å². The Balaban J connectivity index is 2.61. The van der Waals surface area contributed by atoms with Crippen LogP contribution in [0.3, 0.4) is 0 Å². The molecule has 18 heavy (non-hydrogen) atoms. The maximum atomic E-state index is 13.6. The van der Waals surface area contributed by atoms with E-state index in [2.05, 4.69) is 0 Å². The van der Waals surface area contributed by atoms with Crippen LogP contribution in [0, 0.1) is 0 Å². The Hall–Kier alpha value is -1.41. The van der Waals surface area contributed by atoms with Crippen LogP contribution in [0.25, 0.3) is 0 Å². The lowest BCUT2D eigenvalue weighted by atomic mass is 9.76. The van der Waals surface area contributed by atoms with Crippen LogP contribution in [-0.4, -0.2) is 12.3 Å². The van der Waals surface area contributed by atoms with Gasteiger partial charge in [0.2, 0.25) is 0 Å². The molecule has 0 aliphatic rings. The number of hydrogen-bond donors (Lipinski definition) is 0. The molecule has 0 amide bonds. The van der Waals surface area contributed by atoms with Gasteiger partial charge >= 0.3 is 0 Å². The van der Waals surface area contributed by atoms with Crippen LogP contribution in [0.5, 0.6) is 0 Å². The molecule has 0 saturated carbocycles. The van der Waals surface area contributed by atoms with E-state index in [1.54, 1.807) is 60.7 Å². The lowest BCUT2D eigenvalue weighted by Gasteiger charge is -2.32. The van der Waals surface area contributed by atoms with Gasteiger partial charge in [0.1, 0.15) is 0 Å². The molecule has 0 aromatic heterocycles. The first-order valence-electron chi connectivity index (χ1n) is 5.67. The SMILES string of the molecule is FC(F)C(CCl)(c1ccccc1)c1ccccc1. The maximum absolute atomic E-state index is 13.6. The first-order chi connectivity index (χ1) is 8.71.